The zero-order valence-corrected chi connectivity index (χ0v) is 11.4. The molecule has 4 N–H and O–H groups in total. The summed E-state index contributed by atoms with van der Waals surface area (Å²) in [6.45, 7) is 6.10. The molecule has 0 bridgehead atoms. The second-order valence-electron chi connectivity index (χ2n) is 4.80. The highest BCUT2D eigenvalue weighted by Gasteiger charge is 2.24. The number of carbonyl (C=O) groups is 2. The molecule has 0 aliphatic rings. The summed E-state index contributed by atoms with van der Waals surface area (Å²) in [4.78, 5) is 30.9. The molecule has 0 aromatic carbocycles. The molecule has 1 aromatic rings. The third kappa shape index (κ3) is 4.90. The molecule has 0 aliphatic carbocycles. The van der Waals surface area contributed by atoms with Crippen LogP contribution in [0, 0.1) is 0 Å². The molecule has 7 heteroatoms. The van der Waals surface area contributed by atoms with E-state index >= 15 is 0 Å². The van der Waals surface area contributed by atoms with Gasteiger partial charge in [-0.1, -0.05) is 0 Å². The Balaban J connectivity index is 2.70. The van der Waals surface area contributed by atoms with Gasteiger partial charge in [0.25, 0.3) is 5.91 Å². The molecule has 0 radical (unpaired) electrons. The van der Waals surface area contributed by atoms with E-state index in [9.17, 15) is 9.59 Å². The van der Waals surface area contributed by atoms with Gasteiger partial charge in [0, 0.05) is 18.5 Å². The lowest BCUT2D eigenvalue weighted by Gasteiger charge is -2.24. The van der Waals surface area contributed by atoms with E-state index in [0.29, 0.717) is 5.82 Å². The van der Waals surface area contributed by atoms with Crippen molar-refractivity contribution in [1.29, 1.82) is 0 Å². The molecule has 0 unspecified atom stereocenters. The van der Waals surface area contributed by atoms with Gasteiger partial charge >= 0.3 is 0 Å². The van der Waals surface area contributed by atoms with Crippen LogP contribution in [0.1, 0.15) is 37.7 Å². The number of rotatable bonds is 6. The van der Waals surface area contributed by atoms with Crippen molar-refractivity contribution in [2.75, 3.05) is 11.9 Å². The van der Waals surface area contributed by atoms with Crippen LogP contribution in [-0.4, -0.2) is 33.9 Å². The van der Waals surface area contributed by atoms with Crippen LogP contribution in [0.25, 0.3) is 0 Å². The van der Waals surface area contributed by atoms with Crippen molar-refractivity contribution in [3.05, 3.63) is 18.1 Å². The summed E-state index contributed by atoms with van der Waals surface area (Å²) >= 11 is 0. The van der Waals surface area contributed by atoms with Crippen molar-refractivity contribution in [2.24, 2.45) is 5.73 Å². The first-order valence-corrected chi connectivity index (χ1v) is 6.01. The number of nitrogens with zero attached hydrogens (tertiary/aromatic N) is 2. The number of primary amides is 1. The summed E-state index contributed by atoms with van der Waals surface area (Å²) in [7, 11) is 0. The van der Waals surface area contributed by atoms with E-state index < -0.39 is 11.4 Å². The predicted octanol–water partition coefficient (Wildman–Crippen LogP) is 0.292. The van der Waals surface area contributed by atoms with E-state index in [4.69, 9.17) is 5.73 Å². The van der Waals surface area contributed by atoms with Crippen LogP contribution in [0.5, 0.6) is 0 Å². The zero-order chi connectivity index (χ0) is 14.5. The molecule has 0 aliphatic heterocycles. The van der Waals surface area contributed by atoms with E-state index in [1.165, 1.54) is 12.4 Å². The summed E-state index contributed by atoms with van der Waals surface area (Å²) in [6, 6.07) is 0. The van der Waals surface area contributed by atoms with E-state index in [1.54, 1.807) is 13.8 Å². The quantitative estimate of drug-likeness (QED) is 0.685. The average molecular weight is 265 g/mol. The largest absolute Gasteiger partial charge is 0.370 e. The van der Waals surface area contributed by atoms with Crippen molar-refractivity contribution in [3.63, 3.8) is 0 Å². The van der Waals surface area contributed by atoms with Crippen molar-refractivity contribution in [1.82, 2.24) is 15.3 Å². The van der Waals surface area contributed by atoms with Crippen LogP contribution in [0.15, 0.2) is 12.4 Å². The maximum Gasteiger partial charge on any atom is 0.271 e. The van der Waals surface area contributed by atoms with Crippen LogP contribution < -0.4 is 16.4 Å². The minimum Gasteiger partial charge on any atom is -0.370 e. The van der Waals surface area contributed by atoms with E-state index in [2.05, 4.69) is 20.6 Å². The molecule has 1 aromatic heterocycles. The zero-order valence-electron chi connectivity index (χ0n) is 11.4. The molecule has 7 nitrogen and oxygen atoms in total. The highest BCUT2D eigenvalue weighted by Crippen LogP contribution is 2.09. The minimum absolute atomic E-state index is 0.0572. The minimum atomic E-state index is -0.717. The summed E-state index contributed by atoms with van der Waals surface area (Å²) in [5.74, 6) is -0.254. The van der Waals surface area contributed by atoms with Gasteiger partial charge in [0.15, 0.2) is 0 Å². The number of nitrogens with two attached hydrogens (primary N) is 1. The Bertz CT molecular complexity index is 456. The number of aromatic nitrogens is 2. The second-order valence-corrected chi connectivity index (χ2v) is 4.80. The summed E-state index contributed by atoms with van der Waals surface area (Å²) in [5.41, 5.74) is 4.60. The first-order chi connectivity index (χ1) is 8.84. The Morgan fingerprint density at radius 3 is 2.47 bits per heavy atom. The summed E-state index contributed by atoms with van der Waals surface area (Å²) in [6.07, 6.45) is 2.93. The third-order valence-corrected chi connectivity index (χ3v) is 2.31. The molecule has 0 fully saturated rings. The van der Waals surface area contributed by atoms with Crippen LogP contribution in [0.2, 0.25) is 0 Å². The smallest absolute Gasteiger partial charge is 0.271 e. The van der Waals surface area contributed by atoms with Gasteiger partial charge in [0.2, 0.25) is 5.91 Å². The van der Waals surface area contributed by atoms with Crippen molar-refractivity contribution in [3.8, 4) is 0 Å². The maximum atomic E-state index is 11.9. The Hall–Kier alpha value is -2.18. The van der Waals surface area contributed by atoms with E-state index in [0.717, 1.165) is 6.54 Å². The number of nitrogens with one attached hydrogen (secondary N) is 2. The normalized spacial score (nSPS) is 10.9. The second kappa shape index (κ2) is 6.12. The van der Waals surface area contributed by atoms with Gasteiger partial charge in [0.05, 0.1) is 12.4 Å². The van der Waals surface area contributed by atoms with Gasteiger partial charge in [-0.2, -0.15) is 0 Å². The van der Waals surface area contributed by atoms with Crippen LogP contribution in [0.3, 0.4) is 0 Å². The Morgan fingerprint density at radius 2 is 2.00 bits per heavy atom. The van der Waals surface area contributed by atoms with E-state index in [-0.39, 0.29) is 18.0 Å². The molecule has 0 atom stereocenters. The molecule has 0 saturated carbocycles. The third-order valence-electron chi connectivity index (χ3n) is 2.31. The van der Waals surface area contributed by atoms with Crippen LogP contribution in [0.4, 0.5) is 5.82 Å². The monoisotopic (exact) mass is 265 g/mol. The van der Waals surface area contributed by atoms with Crippen molar-refractivity contribution >= 4 is 17.6 Å². The van der Waals surface area contributed by atoms with Gasteiger partial charge in [-0.3, -0.25) is 9.59 Å². The molecular formula is C12H19N5O2. The summed E-state index contributed by atoms with van der Waals surface area (Å²) in [5, 5.41) is 5.67. The first-order valence-electron chi connectivity index (χ1n) is 6.01. The fourth-order valence-electron chi connectivity index (χ4n) is 1.57. The lowest BCUT2D eigenvalue weighted by molar-refractivity contribution is -0.119. The molecule has 0 saturated heterocycles. The highest BCUT2D eigenvalue weighted by molar-refractivity contribution is 5.93. The van der Waals surface area contributed by atoms with Gasteiger partial charge in [-0.25, -0.2) is 9.97 Å². The molecular weight excluding hydrogens is 246 g/mol. The van der Waals surface area contributed by atoms with Crippen molar-refractivity contribution in [2.45, 2.75) is 32.7 Å². The molecule has 2 amide bonds. The molecule has 1 rings (SSSR count). The molecule has 0 spiro atoms. The Labute approximate surface area is 112 Å². The van der Waals surface area contributed by atoms with Crippen LogP contribution >= 0.6 is 0 Å². The Kier molecular flexibility index (Phi) is 4.80. The SMILES string of the molecule is CCNc1cnc(C(=O)NC(C)(C)CC(N)=O)cn1. The van der Waals surface area contributed by atoms with Crippen LogP contribution in [-0.2, 0) is 4.79 Å². The maximum absolute atomic E-state index is 11.9. The van der Waals surface area contributed by atoms with Gasteiger partial charge in [-0.05, 0) is 20.8 Å². The molecule has 19 heavy (non-hydrogen) atoms. The van der Waals surface area contributed by atoms with Gasteiger partial charge < -0.3 is 16.4 Å². The highest BCUT2D eigenvalue weighted by atomic mass is 16.2. The summed E-state index contributed by atoms with van der Waals surface area (Å²) < 4.78 is 0. The number of amides is 2. The average Bonchev–Trinajstić information content (AvgIpc) is 2.27. The lowest BCUT2D eigenvalue weighted by atomic mass is 10.0. The van der Waals surface area contributed by atoms with Gasteiger partial charge in [-0.15, -0.1) is 0 Å². The van der Waals surface area contributed by atoms with E-state index in [1.807, 2.05) is 6.92 Å². The lowest BCUT2D eigenvalue weighted by Crippen LogP contribution is -2.46. The molecule has 1 heterocycles. The van der Waals surface area contributed by atoms with Crippen molar-refractivity contribution < 1.29 is 9.59 Å². The first kappa shape index (κ1) is 14.9. The number of hydrogen-bond donors (Lipinski definition) is 3. The van der Waals surface area contributed by atoms with Gasteiger partial charge in [0.1, 0.15) is 11.5 Å². The topological polar surface area (TPSA) is 110 Å². The Morgan fingerprint density at radius 1 is 1.32 bits per heavy atom. The fraction of sp³-hybridized carbons (Fsp3) is 0.500. The number of hydrogen-bond acceptors (Lipinski definition) is 5. The standard InChI is InChI=1S/C12H19N5O2/c1-4-14-10-7-15-8(6-16-10)11(19)17-12(2,3)5-9(13)18/h6-7H,4-5H2,1-3H3,(H2,13,18)(H,14,16)(H,17,19). The molecule has 104 valence electrons. The predicted molar refractivity (Wildman–Crippen MR) is 71.6 cm³/mol. The number of anilines is 1. The number of carbonyl (C=O) groups excluding carboxylic acids is 2. The fourth-order valence-corrected chi connectivity index (χ4v) is 1.57.